The number of nitrogens with zero attached hydrogens (tertiary/aromatic N) is 2. The lowest BCUT2D eigenvalue weighted by atomic mass is 10.2. The summed E-state index contributed by atoms with van der Waals surface area (Å²) in [7, 11) is 1.64. The van der Waals surface area contributed by atoms with E-state index in [0.29, 0.717) is 11.6 Å². The van der Waals surface area contributed by atoms with E-state index < -0.39 is 0 Å². The van der Waals surface area contributed by atoms with Gasteiger partial charge in [-0.1, -0.05) is 11.6 Å². The average molecular weight is 387 g/mol. The molecule has 0 aliphatic heterocycles. The lowest BCUT2D eigenvalue weighted by Crippen LogP contribution is -2.05. The molecule has 0 fully saturated rings. The summed E-state index contributed by atoms with van der Waals surface area (Å²) in [4.78, 5) is 5.54. The summed E-state index contributed by atoms with van der Waals surface area (Å²) in [5.41, 5.74) is 3.00. The van der Waals surface area contributed by atoms with Gasteiger partial charge in [0.1, 0.15) is 0 Å². The minimum Gasteiger partial charge on any atom is -0.493 e. The fourth-order valence-electron chi connectivity index (χ4n) is 2.23. The van der Waals surface area contributed by atoms with E-state index >= 15 is 0 Å². The highest BCUT2D eigenvalue weighted by molar-refractivity contribution is 9.10. The van der Waals surface area contributed by atoms with Crippen LogP contribution < -0.4 is 10.1 Å². The quantitative estimate of drug-likeness (QED) is 0.704. The Hall–Kier alpha value is -1.24. The normalized spacial score (nSPS) is 11.0. The van der Waals surface area contributed by atoms with E-state index in [-0.39, 0.29) is 0 Å². The molecule has 7 heteroatoms. The number of hydrogen-bond acceptors (Lipinski definition) is 4. The predicted octanol–water partition coefficient (Wildman–Crippen LogP) is 4.74. The number of thiazole rings is 1. The number of fused-ring (bicyclic) bond motifs is 1. The summed E-state index contributed by atoms with van der Waals surface area (Å²) < 4.78 is 8.34. The summed E-state index contributed by atoms with van der Waals surface area (Å²) in [5.74, 6) is 0.739. The molecular formula is C14H13BrClN3OS. The third kappa shape index (κ3) is 2.75. The van der Waals surface area contributed by atoms with Crippen molar-refractivity contribution in [1.29, 1.82) is 0 Å². The van der Waals surface area contributed by atoms with Crippen LogP contribution >= 0.6 is 38.9 Å². The Morgan fingerprint density at radius 1 is 1.48 bits per heavy atom. The molecule has 21 heavy (non-hydrogen) atoms. The van der Waals surface area contributed by atoms with Crippen molar-refractivity contribution in [2.75, 3.05) is 12.4 Å². The highest BCUT2D eigenvalue weighted by atomic mass is 79.9. The molecule has 1 N–H and O–H groups in total. The Labute approximate surface area is 139 Å². The molecule has 0 radical (unpaired) electrons. The van der Waals surface area contributed by atoms with E-state index in [1.54, 1.807) is 18.4 Å². The topological polar surface area (TPSA) is 38.6 Å². The minimum atomic E-state index is 0.646. The number of aromatic nitrogens is 2. The molecule has 2 aromatic heterocycles. The monoisotopic (exact) mass is 385 g/mol. The standard InChI is InChI=1S/C14H13BrClN3OS/c1-8-12(19-3-4-21-14(19)18-8)7-17-11-6-9(16)5-10(15)13(11)20-2/h3-6,17H,7H2,1-2H3. The number of aryl methyl sites for hydroxylation is 1. The minimum absolute atomic E-state index is 0.646. The molecule has 0 spiro atoms. The maximum absolute atomic E-state index is 6.11. The van der Waals surface area contributed by atoms with Gasteiger partial charge in [-0.3, -0.25) is 4.40 Å². The van der Waals surface area contributed by atoms with E-state index in [2.05, 4.69) is 30.6 Å². The number of imidazole rings is 1. The lowest BCUT2D eigenvalue weighted by Gasteiger charge is -2.13. The zero-order chi connectivity index (χ0) is 15.0. The van der Waals surface area contributed by atoms with Crippen LogP contribution in [-0.4, -0.2) is 16.5 Å². The zero-order valence-corrected chi connectivity index (χ0v) is 14.6. The largest absolute Gasteiger partial charge is 0.493 e. The molecule has 3 aromatic rings. The summed E-state index contributed by atoms with van der Waals surface area (Å²) in [6, 6.07) is 3.67. The first-order valence-electron chi connectivity index (χ1n) is 6.28. The van der Waals surface area contributed by atoms with E-state index in [0.717, 1.165) is 32.3 Å². The van der Waals surface area contributed by atoms with Gasteiger partial charge in [-0.05, 0) is 35.0 Å². The van der Waals surface area contributed by atoms with Crippen molar-refractivity contribution in [2.45, 2.75) is 13.5 Å². The van der Waals surface area contributed by atoms with E-state index in [9.17, 15) is 0 Å². The maximum Gasteiger partial charge on any atom is 0.194 e. The molecular weight excluding hydrogens is 374 g/mol. The molecule has 0 bridgehead atoms. The summed E-state index contributed by atoms with van der Waals surface area (Å²) in [6.07, 6.45) is 2.03. The molecule has 0 saturated heterocycles. The highest BCUT2D eigenvalue weighted by Crippen LogP contribution is 2.36. The van der Waals surface area contributed by atoms with Crippen molar-refractivity contribution in [2.24, 2.45) is 0 Å². The molecule has 2 heterocycles. The third-order valence-electron chi connectivity index (χ3n) is 3.22. The number of halogens is 2. The Morgan fingerprint density at radius 3 is 3.05 bits per heavy atom. The van der Waals surface area contributed by atoms with Gasteiger partial charge in [0.15, 0.2) is 10.7 Å². The van der Waals surface area contributed by atoms with Crippen LogP contribution in [-0.2, 0) is 6.54 Å². The maximum atomic E-state index is 6.11. The van der Waals surface area contributed by atoms with Crippen LogP contribution in [0.25, 0.3) is 4.96 Å². The van der Waals surface area contributed by atoms with Gasteiger partial charge in [0.2, 0.25) is 0 Å². The van der Waals surface area contributed by atoms with E-state index in [4.69, 9.17) is 16.3 Å². The number of anilines is 1. The number of ether oxygens (including phenoxy) is 1. The molecule has 1 aromatic carbocycles. The first-order chi connectivity index (χ1) is 10.1. The third-order valence-corrected chi connectivity index (χ3v) is 4.78. The number of rotatable bonds is 4. The molecule has 0 amide bonds. The smallest absolute Gasteiger partial charge is 0.194 e. The van der Waals surface area contributed by atoms with Crippen LogP contribution in [0.5, 0.6) is 5.75 Å². The van der Waals surface area contributed by atoms with Crippen LogP contribution in [0.4, 0.5) is 5.69 Å². The summed E-state index contributed by atoms with van der Waals surface area (Å²) in [5, 5.41) is 6.05. The molecule has 0 unspecified atom stereocenters. The van der Waals surface area contributed by atoms with Gasteiger partial charge in [0, 0.05) is 16.6 Å². The second-order valence-corrected chi connectivity index (χ2v) is 6.69. The van der Waals surface area contributed by atoms with Crippen LogP contribution in [0.2, 0.25) is 5.02 Å². The number of methoxy groups -OCH3 is 1. The SMILES string of the molecule is COc1c(Br)cc(Cl)cc1NCc1c(C)nc2sccn12. The molecule has 0 saturated carbocycles. The van der Waals surface area contributed by atoms with Gasteiger partial charge in [-0.2, -0.15) is 0 Å². The first kappa shape index (κ1) is 14.7. The Kier molecular flexibility index (Phi) is 4.10. The van der Waals surface area contributed by atoms with Crippen LogP contribution in [0, 0.1) is 6.92 Å². The molecule has 0 aliphatic rings. The van der Waals surface area contributed by atoms with Crippen LogP contribution in [0.15, 0.2) is 28.2 Å². The van der Waals surface area contributed by atoms with Gasteiger partial charge in [-0.15, -0.1) is 11.3 Å². The summed E-state index contributed by atoms with van der Waals surface area (Å²) >= 11 is 11.2. The number of nitrogens with one attached hydrogen (secondary N) is 1. The highest BCUT2D eigenvalue weighted by Gasteiger charge is 2.12. The van der Waals surface area contributed by atoms with Gasteiger partial charge in [0.25, 0.3) is 0 Å². The first-order valence-corrected chi connectivity index (χ1v) is 8.33. The van der Waals surface area contributed by atoms with Crippen LogP contribution in [0.1, 0.15) is 11.4 Å². The van der Waals surface area contributed by atoms with Gasteiger partial charge < -0.3 is 10.1 Å². The van der Waals surface area contributed by atoms with Crippen molar-refractivity contribution in [3.05, 3.63) is 44.6 Å². The second kappa shape index (κ2) is 5.87. The van der Waals surface area contributed by atoms with E-state index in [1.165, 1.54) is 0 Å². The van der Waals surface area contributed by atoms with Crippen molar-refractivity contribution in [3.63, 3.8) is 0 Å². The van der Waals surface area contributed by atoms with Crippen molar-refractivity contribution in [1.82, 2.24) is 9.38 Å². The van der Waals surface area contributed by atoms with Gasteiger partial charge >= 0.3 is 0 Å². The van der Waals surface area contributed by atoms with Crippen molar-refractivity contribution >= 4 is 49.5 Å². The van der Waals surface area contributed by atoms with Gasteiger partial charge in [0.05, 0.1) is 35.2 Å². The molecule has 0 aliphatic carbocycles. The zero-order valence-electron chi connectivity index (χ0n) is 11.5. The Balaban J connectivity index is 1.91. The van der Waals surface area contributed by atoms with Gasteiger partial charge in [-0.25, -0.2) is 4.98 Å². The van der Waals surface area contributed by atoms with Crippen molar-refractivity contribution in [3.8, 4) is 5.75 Å². The molecule has 3 rings (SSSR count). The lowest BCUT2D eigenvalue weighted by molar-refractivity contribution is 0.414. The molecule has 4 nitrogen and oxygen atoms in total. The number of benzene rings is 1. The average Bonchev–Trinajstić information content (AvgIpc) is 2.96. The summed E-state index contributed by atoms with van der Waals surface area (Å²) in [6.45, 7) is 2.66. The second-order valence-electron chi connectivity index (χ2n) is 4.52. The van der Waals surface area contributed by atoms with Crippen LogP contribution in [0.3, 0.4) is 0 Å². The van der Waals surface area contributed by atoms with E-state index in [1.807, 2.05) is 30.6 Å². The molecule has 110 valence electrons. The molecule has 0 atom stereocenters. The Bertz CT molecular complexity index is 799. The predicted molar refractivity (Wildman–Crippen MR) is 90.8 cm³/mol. The van der Waals surface area contributed by atoms with Crippen molar-refractivity contribution < 1.29 is 4.74 Å². The fraction of sp³-hybridized carbons (Fsp3) is 0.214. The fourth-order valence-corrected chi connectivity index (χ4v) is 3.98. The Morgan fingerprint density at radius 2 is 2.29 bits per heavy atom. The number of hydrogen-bond donors (Lipinski definition) is 1.